The summed E-state index contributed by atoms with van der Waals surface area (Å²) in [5.41, 5.74) is 7.50. The second-order valence-corrected chi connectivity index (χ2v) is 4.26. The zero-order chi connectivity index (χ0) is 13.4. The molecule has 0 aliphatic rings. The number of aryl methyl sites for hydroxylation is 1. The minimum Gasteiger partial charge on any atom is -0.490 e. The van der Waals surface area contributed by atoms with Crippen LogP contribution in [-0.4, -0.2) is 38.5 Å². The summed E-state index contributed by atoms with van der Waals surface area (Å²) in [6.07, 6.45) is 0. The van der Waals surface area contributed by atoms with Crippen LogP contribution in [0.2, 0.25) is 0 Å². The molecule has 0 aliphatic heterocycles. The van der Waals surface area contributed by atoms with E-state index in [2.05, 4.69) is 0 Å². The van der Waals surface area contributed by atoms with Crippen molar-refractivity contribution in [2.45, 2.75) is 6.92 Å². The van der Waals surface area contributed by atoms with Crippen molar-refractivity contribution in [1.82, 2.24) is 0 Å². The number of hydrogen-bond acceptors (Lipinski definition) is 4. The predicted octanol–water partition coefficient (Wildman–Crippen LogP) is 1.67. The van der Waals surface area contributed by atoms with Gasteiger partial charge < -0.3 is 19.9 Å². The van der Waals surface area contributed by atoms with Gasteiger partial charge in [0.15, 0.2) is 0 Å². The molecule has 0 saturated carbocycles. The molecule has 0 heterocycles. The van der Waals surface area contributed by atoms with Crippen LogP contribution in [0.4, 0.5) is 0 Å². The number of methoxy groups -OCH3 is 1. The minimum atomic E-state index is 0.338. The Balaban J connectivity index is 2.45. The van der Waals surface area contributed by atoms with Gasteiger partial charge in [0.2, 0.25) is 0 Å². The molecule has 100 valence electrons. The van der Waals surface area contributed by atoms with Crippen LogP contribution in [0.1, 0.15) is 11.1 Å². The number of ether oxygens (including phenoxy) is 3. The number of nitrogens with two attached hydrogens (primary N) is 1. The van der Waals surface area contributed by atoms with E-state index in [1.54, 1.807) is 7.11 Å². The highest BCUT2D eigenvalue weighted by atomic mass is 32.1. The molecule has 1 rings (SSSR count). The highest BCUT2D eigenvalue weighted by molar-refractivity contribution is 7.80. The molecular formula is C13H19NO3S. The summed E-state index contributed by atoms with van der Waals surface area (Å²) in [5, 5.41) is 0. The van der Waals surface area contributed by atoms with E-state index in [9.17, 15) is 0 Å². The van der Waals surface area contributed by atoms with E-state index in [-0.39, 0.29) is 0 Å². The SMILES string of the molecule is COCCOCCOc1cc(C)ccc1C(N)=S. The van der Waals surface area contributed by atoms with E-state index in [1.807, 2.05) is 25.1 Å². The first kappa shape index (κ1) is 14.9. The Labute approximate surface area is 113 Å². The van der Waals surface area contributed by atoms with Gasteiger partial charge in [-0.3, -0.25) is 0 Å². The van der Waals surface area contributed by atoms with Gasteiger partial charge in [-0.2, -0.15) is 0 Å². The first-order valence-corrected chi connectivity index (χ1v) is 6.16. The van der Waals surface area contributed by atoms with Crippen molar-refractivity contribution in [3.63, 3.8) is 0 Å². The Morgan fingerprint density at radius 2 is 1.94 bits per heavy atom. The number of rotatable bonds is 8. The second kappa shape index (κ2) is 8.02. The molecular weight excluding hydrogens is 250 g/mol. The van der Waals surface area contributed by atoms with Crippen LogP contribution < -0.4 is 10.5 Å². The molecule has 0 spiro atoms. The zero-order valence-corrected chi connectivity index (χ0v) is 11.6. The summed E-state index contributed by atoms with van der Waals surface area (Å²) in [7, 11) is 1.64. The van der Waals surface area contributed by atoms with Crippen molar-refractivity contribution in [2.24, 2.45) is 5.73 Å². The largest absolute Gasteiger partial charge is 0.490 e. The summed E-state index contributed by atoms with van der Waals surface area (Å²) < 4.78 is 15.8. The van der Waals surface area contributed by atoms with Crippen molar-refractivity contribution in [2.75, 3.05) is 33.5 Å². The first-order valence-electron chi connectivity index (χ1n) is 5.75. The molecule has 4 nitrogen and oxygen atoms in total. The monoisotopic (exact) mass is 269 g/mol. The maximum absolute atomic E-state index is 5.64. The summed E-state index contributed by atoms with van der Waals surface area (Å²) in [6, 6.07) is 5.75. The Morgan fingerprint density at radius 3 is 2.61 bits per heavy atom. The van der Waals surface area contributed by atoms with Gasteiger partial charge in [-0.25, -0.2) is 0 Å². The summed E-state index contributed by atoms with van der Waals surface area (Å²) >= 11 is 4.98. The van der Waals surface area contributed by atoms with Crippen molar-refractivity contribution in [3.05, 3.63) is 29.3 Å². The minimum absolute atomic E-state index is 0.338. The third-order valence-electron chi connectivity index (χ3n) is 2.32. The van der Waals surface area contributed by atoms with Crippen LogP contribution >= 0.6 is 12.2 Å². The van der Waals surface area contributed by atoms with Gasteiger partial charge in [-0.15, -0.1) is 0 Å². The standard InChI is InChI=1S/C13H19NO3S/c1-10-3-4-11(13(14)18)12(9-10)17-8-7-16-6-5-15-2/h3-4,9H,5-8H2,1-2H3,(H2,14,18). The molecule has 1 aromatic carbocycles. The molecule has 2 N–H and O–H groups in total. The highest BCUT2D eigenvalue weighted by Gasteiger charge is 2.06. The topological polar surface area (TPSA) is 53.7 Å². The molecule has 0 amide bonds. The molecule has 0 radical (unpaired) electrons. The molecule has 5 heteroatoms. The Hall–Kier alpha value is -1.17. The molecule has 18 heavy (non-hydrogen) atoms. The third kappa shape index (κ3) is 5.00. The fourth-order valence-electron chi connectivity index (χ4n) is 1.41. The Morgan fingerprint density at radius 1 is 1.22 bits per heavy atom. The van der Waals surface area contributed by atoms with Crippen LogP contribution in [0.5, 0.6) is 5.75 Å². The average Bonchev–Trinajstić information content (AvgIpc) is 2.33. The van der Waals surface area contributed by atoms with Gasteiger partial charge in [-0.05, 0) is 24.6 Å². The lowest BCUT2D eigenvalue weighted by molar-refractivity contribution is 0.0544. The quantitative estimate of drug-likeness (QED) is 0.575. The highest BCUT2D eigenvalue weighted by Crippen LogP contribution is 2.20. The summed E-state index contributed by atoms with van der Waals surface area (Å²) in [5.74, 6) is 0.706. The van der Waals surface area contributed by atoms with Gasteiger partial charge in [0.25, 0.3) is 0 Å². The van der Waals surface area contributed by atoms with Crippen molar-refractivity contribution in [3.8, 4) is 5.75 Å². The van der Waals surface area contributed by atoms with Gasteiger partial charge in [0.05, 0.1) is 25.4 Å². The van der Waals surface area contributed by atoms with Gasteiger partial charge in [0.1, 0.15) is 17.3 Å². The van der Waals surface area contributed by atoms with Crippen LogP contribution in [0, 0.1) is 6.92 Å². The van der Waals surface area contributed by atoms with Crippen molar-refractivity contribution < 1.29 is 14.2 Å². The molecule has 0 unspecified atom stereocenters. The molecule has 0 aliphatic carbocycles. The Bertz CT molecular complexity index is 396. The van der Waals surface area contributed by atoms with Gasteiger partial charge in [-0.1, -0.05) is 18.3 Å². The smallest absolute Gasteiger partial charge is 0.129 e. The fraction of sp³-hybridized carbons (Fsp3) is 0.462. The van der Waals surface area contributed by atoms with Crippen molar-refractivity contribution in [1.29, 1.82) is 0 Å². The maximum atomic E-state index is 5.64. The van der Waals surface area contributed by atoms with E-state index >= 15 is 0 Å². The molecule has 0 saturated heterocycles. The number of benzene rings is 1. The van der Waals surface area contributed by atoms with E-state index in [0.717, 1.165) is 11.1 Å². The number of hydrogen-bond donors (Lipinski definition) is 1. The van der Waals surface area contributed by atoms with Crippen LogP contribution in [-0.2, 0) is 9.47 Å². The Kier molecular flexibility index (Phi) is 6.64. The van der Waals surface area contributed by atoms with Crippen LogP contribution in [0.3, 0.4) is 0 Å². The fourth-order valence-corrected chi connectivity index (χ4v) is 1.58. The van der Waals surface area contributed by atoms with Gasteiger partial charge >= 0.3 is 0 Å². The van der Waals surface area contributed by atoms with E-state index < -0.39 is 0 Å². The van der Waals surface area contributed by atoms with Crippen LogP contribution in [0.25, 0.3) is 0 Å². The first-order chi connectivity index (χ1) is 8.65. The zero-order valence-electron chi connectivity index (χ0n) is 10.8. The van der Waals surface area contributed by atoms with Crippen LogP contribution in [0.15, 0.2) is 18.2 Å². The second-order valence-electron chi connectivity index (χ2n) is 3.82. The number of thiocarbonyl (C=S) groups is 1. The lowest BCUT2D eigenvalue weighted by Gasteiger charge is -2.11. The molecule has 1 aromatic rings. The summed E-state index contributed by atoms with van der Waals surface area (Å²) in [6.45, 7) is 4.11. The lowest BCUT2D eigenvalue weighted by atomic mass is 10.1. The molecule has 0 aromatic heterocycles. The lowest BCUT2D eigenvalue weighted by Crippen LogP contribution is -2.14. The maximum Gasteiger partial charge on any atom is 0.129 e. The van der Waals surface area contributed by atoms with Gasteiger partial charge in [0, 0.05) is 7.11 Å². The molecule has 0 bridgehead atoms. The van der Waals surface area contributed by atoms with E-state index in [1.165, 1.54) is 0 Å². The van der Waals surface area contributed by atoms with E-state index in [4.69, 9.17) is 32.2 Å². The molecule has 0 fully saturated rings. The summed E-state index contributed by atoms with van der Waals surface area (Å²) in [4.78, 5) is 0.338. The average molecular weight is 269 g/mol. The predicted molar refractivity (Wildman–Crippen MR) is 75.3 cm³/mol. The third-order valence-corrected chi connectivity index (χ3v) is 2.54. The molecule has 0 atom stereocenters. The normalized spacial score (nSPS) is 10.3. The van der Waals surface area contributed by atoms with Crippen molar-refractivity contribution >= 4 is 17.2 Å². The van der Waals surface area contributed by atoms with E-state index in [0.29, 0.717) is 37.2 Å².